The van der Waals surface area contributed by atoms with Gasteiger partial charge in [-0.3, -0.25) is 4.79 Å². The molecular weight excluding hydrogens is 234 g/mol. The molecule has 0 aromatic rings. The molecule has 1 N–H and O–H groups in total. The van der Waals surface area contributed by atoms with Gasteiger partial charge in [-0.15, -0.1) is 0 Å². The Morgan fingerprint density at radius 2 is 2.00 bits per heavy atom. The first-order valence-electron chi connectivity index (χ1n) is 5.19. The van der Waals surface area contributed by atoms with Crippen LogP contribution in [0.3, 0.4) is 0 Å². The molecule has 0 aromatic heterocycles. The van der Waals surface area contributed by atoms with Crippen molar-refractivity contribution in [3.63, 3.8) is 0 Å². The molecule has 1 aliphatic rings. The average molecular weight is 251 g/mol. The predicted octanol–water partition coefficient (Wildman–Crippen LogP) is -0.0983. The Morgan fingerprint density at radius 3 is 2.50 bits per heavy atom. The number of carboxylic acids is 1. The minimum absolute atomic E-state index is 0.0625. The molecule has 1 aliphatic heterocycles. The Morgan fingerprint density at radius 1 is 1.44 bits per heavy atom. The van der Waals surface area contributed by atoms with E-state index >= 15 is 0 Å². The number of hydrogen-bond donors (Lipinski definition) is 1. The van der Waals surface area contributed by atoms with Crippen LogP contribution in [0.25, 0.3) is 0 Å². The number of carbonyl (C=O) groups is 1. The zero-order valence-electron chi connectivity index (χ0n) is 9.26. The Bertz CT molecular complexity index is 334. The third kappa shape index (κ3) is 3.73. The summed E-state index contributed by atoms with van der Waals surface area (Å²) in [7, 11) is -1.95. The first kappa shape index (κ1) is 13.4. The molecule has 1 saturated heterocycles. The van der Waals surface area contributed by atoms with E-state index in [1.165, 1.54) is 11.4 Å². The fourth-order valence-electron chi connectivity index (χ4n) is 1.64. The molecule has 16 heavy (non-hydrogen) atoms. The molecule has 0 spiro atoms. The van der Waals surface area contributed by atoms with Gasteiger partial charge in [0.05, 0.1) is 12.2 Å². The fourth-order valence-corrected chi connectivity index (χ4v) is 3.02. The number of aliphatic carboxylic acids is 1. The third-order valence-electron chi connectivity index (χ3n) is 2.72. The molecule has 1 heterocycles. The molecule has 0 radical (unpaired) electrons. The largest absolute Gasteiger partial charge is 0.481 e. The van der Waals surface area contributed by atoms with Crippen LogP contribution in [-0.4, -0.2) is 55.9 Å². The quantitative estimate of drug-likeness (QED) is 0.737. The summed E-state index contributed by atoms with van der Waals surface area (Å²) in [6, 6.07) is -0.0625. The maximum absolute atomic E-state index is 11.8. The van der Waals surface area contributed by atoms with Crippen molar-refractivity contribution in [1.82, 2.24) is 4.31 Å². The van der Waals surface area contributed by atoms with Gasteiger partial charge in [-0.25, -0.2) is 12.7 Å². The highest BCUT2D eigenvalue weighted by molar-refractivity contribution is 7.89. The van der Waals surface area contributed by atoms with Crippen LogP contribution in [0.2, 0.25) is 0 Å². The highest BCUT2D eigenvalue weighted by atomic mass is 32.2. The first-order valence-corrected chi connectivity index (χ1v) is 6.79. The third-order valence-corrected chi connectivity index (χ3v) is 4.61. The molecule has 1 fully saturated rings. The van der Waals surface area contributed by atoms with Gasteiger partial charge in [-0.05, 0) is 12.8 Å². The number of carboxylic acid groups (broad SMARTS) is 1. The monoisotopic (exact) mass is 251 g/mol. The number of hydrogen-bond acceptors (Lipinski definition) is 4. The van der Waals surface area contributed by atoms with Gasteiger partial charge in [0.25, 0.3) is 0 Å². The zero-order chi connectivity index (χ0) is 12.2. The van der Waals surface area contributed by atoms with E-state index in [1.54, 1.807) is 0 Å². The number of sulfonamides is 1. The van der Waals surface area contributed by atoms with Crippen LogP contribution >= 0.6 is 0 Å². The Labute approximate surface area is 95.2 Å². The molecule has 94 valence electrons. The van der Waals surface area contributed by atoms with Crippen molar-refractivity contribution in [1.29, 1.82) is 0 Å². The minimum atomic E-state index is -3.46. The van der Waals surface area contributed by atoms with E-state index in [4.69, 9.17) is 9.84 Å². The molecule has 0 amide bonds. The van der Waals surface area contributed by atoms with E-state index < -0.39 is 16.0 Å². The second kappa shape index (κ2) is 5.60. The van der Waals surface area contributed by atoms with E-state index in [9.17, 15) is 13.2 Å². The summed E-state index contributed by atoms with van der Waals surface area (Å²) in [4.78, 5) is 10.3. The molecule has 1 rings (SSSR count). The summed E-state index contributed by atoms with van der Waals surface area (Å²) in [6.45, 7) is 1.12. The van der Waals surface area contributed by atoms with E-state index in [2.05, 4.69) is 0 Å². The predicted molar refractivity (Wildman–Crippen MR) is 57.6 cm³/mol. The average Bonchev–Trinajstić information content (AvgIpc) is 2.27. The number of rotatable bonds is 5. The Hall–Kier alpha value is -0.660. The van der Waals surface area contributed by atoms with Crippen LogP contribution in [0, 0.1) is 0 Å². The van der Waals surface area contributed by atoms with Crippen LogP contribution in [0.4, 0.5) is 0 Å². The van der Waals surface area contributed by atoms with Crippen molar-refractivity contribution in [2.45, 2.75) is 25.3 Å². The smallest absolute Gasteiger partial charge is 0.304 e. The normalized spacial score (nSPS) is 18.9. The first-order chi connectivity index (χ1) is 7.43. The lowest BCUT2D eigenvalue weighted by molar-refractivity contribution is -0.136. The Kier molecular flexibility index (Phi) is 4.69. The van der Waals surface area contributed by atoms with Gasteiger partial charge in [-0.1, -0.05) is 0 Å². The van der Waals surface area contributed by atoms with Crippen molar-refractivity contribution in [2.75, 3.05) is 26.0 Å². The van der Waals surface area contributed by atoms with Crippen LogP contribution in [-0.2, 0) is 19.6 Å². The van der Waals surface area contributed by atoms with E-state index in [-0.39, 0.29) is 18.2 Å². The molecule has 0 bridgehead atoms. The lowest BCUT2D eigenvalue weighted by Gasteiger charge is -2.30. The van der Waals surface area contributed by atoms with Crippen molar-refractivity contribution in [3.05, 3.63) is 0 Å². The lowest BCUT2D eigenvalue weighted by Crippen LogP contribution is -2.41. The summed E-state index contributed by atoms with van der Waals surface area (Å²) in [6.07, 6.45) is 0.988. The van der Waals surface area contributed by atoms with Crippen LogP contribution < -0.4 is 0 Å². The number of ether oxygens (including phenoxy) is 1. The highest BCUT2D eigenvalue weighted by Gasteiger charge is 2.27. The van der Waals surface area contributed by atoms with Gasteiger partial charge >= 0.3 is 5.97 Å². The summed E-state index contributed by atoms with van der Waals surface area (Å²) < 4.78 is 29.9. The van der Waals surface area contributed by atoms with Gasteiger partial charge in [-0.2, -0.15) is 0 Å². The molecule has 0 atom stereocenters. The SMILES string of the molecule is CN(C1CCOCC1)S(=O)(=O)CCC(=O)O. The molecule has 7 heteroatoms. The molecule has 0 aliphatic carbocycles. The van der Waals surface area contributed by atoms with Crippen molar-refractivity contribution in [2.24, 2.45) is 0 Å². The lowest BCUT2D eigenvalue weighted by atomic mass is 10.1. The standard InChI is InChI=1S/C9H17NO5S/c1-10(8-2-5-15-6-3-8)16(13,14)7-4-9(11)12/h8H,2-7H2,1H3,(H,11,12). The maximum atomic E-state index is 11.8. The number of nitrogens with zero attached hydrogens (tertiary/aromatic N) is 1. The van der Waals surface area contributed by atoms with Crippen molar-refractivity contribution >= 4 is 16.0 Å². The fraction of sp³-hybridized carbons (Fsp3) is 0.889. The second-order valence-corrected chi connectivity index (χ2v) is 5.97. The summed E-state index contributed by atoms with van der Waals surface area (Å²) in [5, 5.41) is 8.47. The minimum Gasteiger partial charge on any atom is -0.481 e. The van der Waals surface area contributed by atoms with E-state index in [0.717, 1.165) is 0 Å². The summed E-state index contributed by atoms with van der Waals surface area (Å²) in [5.41, 5.74) is 0. The van der Waals surface area contributed by atoms with Crippen LogP contribution in [0.5, 0.6) is 0 Å². The van der Waals surface area contributed by atoms with E-state index in [0.29, 0.717) is 26.1 Å². The van der Waals surface area contributed by atoms with Gasteiger partial charge in [0.15, 0.2) is 0 Å². The second-order valence-electron chi connectivity index (χ2n) is 3.82. The summed E-state index contributed by atoms with van der Waals surface area (Å²) >= 11 is 0. The molecule has 0 saturated carbocycles. The van der Waals surface area contributed by atoms with Crippen LogP contribution in [0.15, 0.2) is 0 Å². The zero-order valence-corrected chi connectivity index (χ0v) is 10.1. The van der Waals surface area contributed by atoms with Gasteiger partial charge in [0.1, 0.15) is 0 Å². The Balaban J connectivity index is 2.56. The maximum Gasteiger partial charge on any atom is 0.304 e. The van der Waals surface area contributed by atoms with Gasteiger partial charge in [0.2, 0.25) is 10.0 Å². The molecular formula is C9H17NO5S. The highest BCUT2D eigenvalue weighted by Crippen LogP contribution is 2.16. The topological polar surface area (TPSA) is 83.9 Å². The molecule has 0 unspecified atom stereocenters. The molecule has 0 aromatic carbocycles. The van der Waals surface area contributed by atoms with E-state index in [1.807, 2.05) is 0 Å². The molecule has 6 nitrogen and oxygen atoms in total. The summed E-state index contributed by atoms with van der Waals surface area (Å²) in [5.74, 6) is -1.43. The van der Waals surface area contributed by atoms with Crippen molar-refractivity contribution < 1.29 is 23.1 Å². The van der Waals surface area contributed by atoms with Gasteiger partial charge in [0, 0.05) is 26.3 Å². The van der Waals surface area contributed by atoms with Gasteiger partial charge < -0.3 is 9.84 Å². The van der Waals surface area contributed by atoms with Crippen molar-refractivity contribution in [3.8, 4) is 0 Å². The van der Waals surface area contributed by atoms with Crippen LogP contribution in [0.1, 0.15) is 19.3 Å².